The van der Waals surface area contributed by atoms with Crippen molar-refractivity contribution in [3.05, 3.63) is 100 Å². The van der Waals surface area contributed by atoms with E-state index in [1.54, 1.807) is 11.8 Å². The van der Waals surface area contributed by atoms with E-state index in [2.05, 4.69) is 52.4 Å². The number of thioether (sulfide) groups is 1. The second-order valence-corrected chi connectivity index (χ2v) is 12.2. The lowest BCUT2D eigenvalue weighted by Crippen LogP contribution is -2.52. The van der Waals surface area contributed by atoms with E-state index >= 15 is 0 Å². The molecule has 0 bridgehead atoms. The van der Waals surface area contributed by atoms with Gasteiger partial charge in [-0.05, 0) is 55.2 Å². The molecule has 1 fully saturated rings. The van der Waals surface area contributed by atoms with Crippen LogP contribution in [0.25, 0.3) is 0 Å². The standard InChI is InChI=1S/C32H37BrN2O2S/c1-24-15-17-29(18-16-24)38-20-19-31(36)35(23-26-11-8-12-27(33)21-26)30(22-25-9-4-2-5-10-25)32(37)34-28-13-6-3-7-14-28/h2,4-5,8-12,15-18,21,28,30H,3,6-7,13-14,19-20,22-23H2,1H3,(H,34,37). The SMILES string of the molecule is Cc1ccc(SCCC(=O)N(Cc2cccc(Br)c2)C(Cc2ccccc2)C(=O)NC2CCCCC2)cc1. The zero-order chi connectivity index (χ0) is 26.7. The highest BCUT2D eigenvalue weighted by Gasteiger charge is 2.31. The van der Waals surface area contributed by atoms with Crippen LogP contribution in [0.3, 0.4) is 0 Å². The lowest BCUT2D eigenvalue weighted by molar-refractivity contribution is -0.141. The summed E-state index contributed by atoms with van der Waals surface area (Å²) < 4.78 is 0.962. The van der Waals surface area contributed by atoms with Gasteiger partial charge in [-0.3, -0.25) is 9.59 Å². The van der Waals surface area contributed by atoms with Gasteiger partial charge in [-0.1, -0.05) is 95.4 Å². The molecule has 1 unspecified atom stereocenters. The van der Waals surface area contributed by atoms with Crippen LogP contribution in [0.1, 0.15) is 55.2 Å². The predicted octanol–water partition coefficient (Wildman–Crippen LogP) is 7.33. The number of rotatable bonds is 11. The third-order valence-corrected chi connectivity index (χ3v) is 8.58. The number of nitrogens with one attached hydrogen (secondary N) is 1. The maximum absolute atomic E-state index is 13.8. The number of amides is 2. The second kappa shape index (κ2) is 14.5. The summed E-state index contributed by atoms with van der Waals surface area (Å²) in [6.45, 7) is 2.46. The molecule has 200 valence electrons. The molecule has 1 N–H and O–H groups in total. The maximum Gasteiger partial charge on any atom is 0.243 e. The molecule has 0 aliphatic heterocycles. The number of hydrogen-bond donors (Lipinski definition) is 1. The largest absolute Gasteiger partial charge is 0.352 e. The van der Waals surface area contributed by atoms with Crippen LogP contribution in [-0.2, 0) is 22.6 Å². The topological polar surface area (TPSA) is 49.4 Å². The Labute approximate surface area is 239 Å². The van der Waals surface area contributed by atoms with Crippen LogP contribution in [0.5, 0.6) is 0 Å². The summed E-state index contributed by atoms with van der Waals surface area (Å²) in [5.41, 5.74) is 3.28. The lowest BCUT2D eigenvalue weighted by atomic mass is 9.94. The van der Waals surface area contributed by atoms with E-state index in [0.717, 1.165) is 46.2 Å². The van der Waals surface area contributed by atoms with Gasteiger partial charge in [-0.25, -0.2) is 0 Å². The van der Waals surface area contributed by atoms with Crippen LogP contribution < -0.4 is 5.32 Å². The Balaban J connectivity index is 1.56. The summed E-state index contributed by atoms with van der Waals surface area (Å²) in [5.74, 6) is 0.624. The summed E-state index contributed by atoms with van der Waals surface area (Å²) in [5, 5.41) is 3.31. The van der Waals surface area contributed by atoms with Gasteiger partial charge in [0.2, 0.25) is 11.8 Å². The fraction of sp³-hybridized carbons (Fsp3) is 0.375. The van der Waals surface area contributed by atoms with Crippen molar-refractivity contribution in [1.29, 1.82) is 0 Å². The zero-order valence-electron chi connectivity index (χ0n) is 22.1. The van der Waals surface area contributed by atoms with Crippen molar-refractivity contribution in [2.45, 2.75) is 75.4 Å². The van der Waals surface area contributed by atoms with Gasteiger partial charge in [-0.2, -0.15) is 0 Å². The summed E-state index contributed by atoms with van der Waals surface area (Å²) in [4.78, 5) is 30.6. The fourth-order valence-electron chi connectivity index (χ4n) is 4.96. The van der Waals surface area contributed by atoms with E-state index in [0.29, 0.717) is 25.1 Å². The molecular formula is C32H37BrN2O2S. The van der Waals surface area contributed by atoms with Gasteiger partial charge in [0.25, 0.3) is 0 Å². The van der Waals surface area contributed by atoms with Gasteiger partial charge < -0.3 is 10.2 Å². The van der Waals surface area contributed by atoms with Gasteiger partial charge >= 0.3 is 0 Å². The van der Waals surface area contributed by atoms with Crippen LogP contribution in [0.2, 0.25) is 0 Å². The number of halogens is 1. The van der Waals surface area contributed by atoms with Crippen LogP contribution in [0.15, 0.2) is 88.2 Å². The second-order valence-electron chi connectivity index (χ2n) is 10.1. The minimum atomic E-state index is -0.574. The van der Waals surface area contributed by atoms with Crippen molar-refractivity contribution < 1.29 is 9.59 Å². The third kappa shape index (κ3) is 8.74. The van der Waals surface area contributed by atoms with Crippen molar-refractivity contribution in [3.8, 4) is 0 Å². The Kier molecular flexibility index (Phi) is 10.9. The van der Waals surface area contributed by atoms with Crippen LogP contribution >= 0.6 is 27.7 Å². The summed E-state index contributed by atoms with van der Waals surface area (Å²) in [7, 11) is 0. The lowest BCUT2D eigenvalue weighted by Gasteiger charge is -2.33. The van der Waals surface area contributed by atoms with Gasteiger partial charge in [0.15, 0.2) is 0 Å². The average molecular weight is 594 g/mol. The molecule has 2 amide bonds. The number of nitrogens with zero attached hydrogens (tertiary/aromatic N) is 1. The fourth-order valence-corrected chi connectivity index (χ4v) is 6.25. The summed E-state index contributed by atoms with van der Waals surface area (Å²) in [6.07, 6.45) is 6.40. The van der Waals surface area contributed by atoms with Crippen molar-refractivity contribution in [2.24, 2.45) is 0 Å². The first-order valence-electron chi connectivity index (χ1n) is 13.6. The van der Waals surface area contributed by atoms with Crippen LogP contribution in [-0.4, -0.2) is 34.6 Å². The van der Waals surface area contributed by atoms with E-state index < -0.39 is 6.04 Å². The highest BCUT2D eigenvalue weighted by Crippen LogP contribution is 2.23. The van der Waals surface area contributed by atoms with Gasteiger partial charge in [0.05, 0.1) is 0 Å². The van der Waals surface area contributed by atoms with Crippen LogP contribution in [0.4, 0.5) is 0 Å². The molecule has 6 heteroatoms. The predicted molar refractivity (Wildman–Crippen MR) is 160 cm³/mol. The quantitative estimate of drug-likeness (QED) is 0.237. The van der Waals surface area contributed by atoms with Crippen molar-refractivity contribution in [3.63, 3.8) is 0 Å². The Morgan fingerprint density at radius 3 is 2.37 bits per heavy atom. The van der Waals surface area contributed by atoms with E-state index in [1.165, 1.54) is 12.0 Å². The maximum atomic E-state index is 13.8. The minimum absolute atomic E-state index is 0.00399. The molecule has 1 aliphatic rings. The molecule has 3 aromatic rings. The van der Waals surface area contributed by atoms with E-state index in [4.69, 9.17) is 0 Å². The molecule has 3 aromatic carbocycles. The Hall–Kier alpha value is -2.57. The molecule has 0 aromatic heterocycles. The average Bonchev–Trinajstić information content (AvgIpc) is 2.93. The molecule has 1 aliphatic carbocycles. The number of aryl methyl sites for hydroxylation is 1. The molecule has 4 rings (SSSR count). The van der Waals surface area contributed by atoms with Crippen molar-refractivity contribution in [2.75, 3.05) is 5.75 Å². The first kappa shape index (κ1) is 28.4. The minimum Gasteiger partial charge on any atom is -0.352 e. The monoisotopic (exact) mass is 592 g/mol. The normalized spacial score (nSPS) is 14.6. The zero-order valence-corrected chi connectivity index (χ0v) is 24.5. The molecular weight excluding hydrogens is 556 g/mol. The smallest absolute Gasteiger partial charge is 0.243 e. The number of carbonyl (C=O) groups is 2. The first-order chi connectivity index (χ1) is 18.5. The molecule has 38 heavy (non-hydrogen) atoms. The molecule has 0 heterocycles. The number of carbonyl (C=O) groups excluding carboxylic acids is 2. The highest BCUT2D eigenvalue weighted by molar-refractivity contribution is 9.10. The van der Waals surface area contributed by atoms with E-state index in [-0.39, 0.29) is 17.9 Å². The molecule has 0 saturated heterocycles. The highest BCUT2D eigenvalue weighted by atomic mass is 79.9. The van der Waals surface area contributed by atoms with Gasteiger partial charge in [0.1, 0.15) is 6.04 Å². The summed E-state index contributed by atoms with van der Waals surface area (Å²) >= 11 is 5.24. The van der Waals surface area contributed by atoms with E-state index in [9.17, 15) is 9.59 Å². The molecule has 0 radical (unpaired) electrons. The molecule has 1 atom stereocenters. The Morgan fingerprint density at radius 1 is 0.947 bits per heavy atom. The Bertz CT molecular complexity index is 1180. The Morgan fingerprint density at radius 2 is 1.66 bits per heavy atom. The van der Waals surface area contributed by atoms with E-state index in [1.807, 2.05) is 59.5 Å². The van der Waals surface area contributed by atoms with Crippen molar-refractivity contribution in [1.82, 2.24) is 10.2 Å². The van der Waals surface area contributed by atoms with Gasteiger partial charge in [0, 0.05) is 40.5 Å². The van der Waals surface area contributed by atoms with Crippen molar-refractivity contribution >= 4 is 39.5 Å². The van der Waals surface area contributed by atoms with Gasteiger partial charge in [-0.15, -0.1) is 11.8 Å². The number of hydrogen-bond acceptors (Lipinski definition) is 3. The number of benzene rings is 3. The molecule has 0 spiro atoms. The first-order valence-corrected chi connectivity index (χ1v) is 15.3. The molecule has 1 saturated carbocycles. The van der Waals surface area contributed by atoms with Crippen LogP contribution in [0, 0.1) is 6.92 Å². The molecule has 4 nitrogen and oxygen atoms in total. The third-order valence-electron chi connectivity index (χ3n) is 7.07. The summed E-state index contributed by atoms with van der Waals surface area (Å²) in [6, 6.07) is 26.0.